The lowest BCUT2D eigenvalue weighted by atomic mass is 10.1. The Morgan fingerprint density at radius 1 is 1.28 bits per heavy atom. The Morgan fingerprint density at radius 3 is 2.52 bits per heavy atom. The molecule has 2 aromatic rings. The Hall–Kier alpha value is -2.45. The van der Waals surface area contributed by atoms with Crippen molar-refractivity contribution >= 4 is 28.6 Å². The summed E-state index contributed by atoms with van der Waals surface area (Å²) in [6.45, 7) is 0.426. The standard InChI is InChI=1S/C17H22N4O3S/c1-19(2)13-8-7-12(10-14(13)21(23)24)17(22)18-11-15(20(3)4)16-6-5-9-25-16/h5-10,15H,11H2,1-4H3,(H,18,22). The zero-order valence-electron chi connectivity index (χ0n) is 14.7. The molecule has 0 spiro atoms. The van der Waals surface area contributed by atoms with Crippen LogP contribution in [-0.4, -0.2) is 50.5 Å². The summed E-state index contributed by atoms with van der Waals surface area (Å²) in [6, 6.07) is 8.57. The number of carbonyl (C=O) groups excluding carboxylic acids is 1. The van der Waals surface area contributed by atoms with Crippen LogP contribution in [0.5, 0.6) is 0 Å². The zero-order chi connectivity index (χ0) is 18.6. The summed E-state index contributed by atoms with van der Waals surface area (Å²) in [5, 5.41) is 16.1. The number of amides is 1. The van der Waals surface area contributed by atoms with Crippen molar-refractivity contribution in [1.29, 1.82) is 0 Å². The van der Waals surface area contributed by atoms with Crippen LogP contribution in [0.25, 0.3) is 0 Å². The minimum Gasteiger partial charge on any atom is -0.372 e. The molecule has 1 aromatic carbocycles. The molecule has 0 saturated heterocycles. The van der Waals surface area contributed by atoms with E-state index in [9.17, 15) is 14.9 Å². The van der Waals surface area contributed by atoms with Crippen LogP contribution in [0.4, 0.5) is 11.4 Å². The lowest BCUT2D eigenvalue weighted by molar-refractivity contribution is -0.384. The first-order valence-electron chi connectivity index (χ1n) is 7.75. The number of nitrogens with zero attached hydrogens (tertiary/aromatic N) is 3. The summed E-state index contributed by atoms with van der Waals surface area (Å²) in [5.74, 6) is -0.322. The van der Waals surface area contributed by atoms with Gasteiger partial charge in [0, 0.05) is 37.1 Å². The molecule has 0 saturated carbocycles. The summed E-state index contributed by atoms with van der Waals surface area (Å²) >= 11 is 1.63. The summed E-state index contributed by atoms with van der Waals surface area (Å²) < 4.78 is 0. The van der Waals surface area contributed by atoms with Crippen LogP contribution in [0.1, 0.15) is 21.3 Å². The van der Waals surface area contributed by atoms with Crippen molar-refractivity contribution in [3.8, 4) is 0 Å². The number of hydrogen-bond donors (Lipinski definition) is 1. The molecule has 1 heterocycles. The highest BCUT2D eigenvalue weighted by Crippen LogP contribution is 2.28. The van der Waals surface area contributed by atoms with E-state index in [4.69, 9.17) is 0 Å². The maximum Gasteiger partial charge on any atom is 0.293 e. The number of hydrogen-bond acceptors (Lipinski definition) is 6. The molecule has 1 amide bonds. The van der Waals surface area contributed by atoms with Gasteiger partial charge in [0.1, 0.15) is 5.69 Å². The number of anilines is 1. The number of nitrogens with one attached hydrogen (secondary N) is 1. The number of rotatable bonds is 7. The van der Waals surface area contributed by atoms with Gasteiger partial charge in [-0.15, -0.1) is 11.3 Å². The van der Waals surface area contributed by atoms with Crippen molar-refractivity contribution in [2.75, 3.05) is 39.6 Å². The number of benzene rings is 1. The lowest BCUT2D eigenvalue weighted by Crippen LogP contribution is -2.34. The molecule has 0 radical (unpaired) electrons. The quantitative estimate of drug-likeness (QED) is 0.605. The van der Waals surface area contributed by atoms with Crippen molar-refractivity contribution in [2.24, 2.45) is 0 Å². The molecule has 7 nitrogen and oxygen atoms in total. The molecule has 0 aliphatic heterocycles. The zero-order valence-corrected chi connectivity index (χ0v) is 15.5. The predicted octanol–water partition coefficient (Wildman–Crippen LogP) is 2.76. The SMILES string of the molecule is CN(C)c1ccc(C(=O)NCC(c2cccs2)N(C)C)cc1[N+](=O)[O-]. The molecule has 1 aromatic heterocycles. The van der Waals surface area contributed by atoms with E-state index in [1.54, 1.807) is 42.5 Å². The lowest BCUT2D eigenvalue weighted by Gasteiger charge is -2.23. The summed E-state index contributed by atoms with van der Waals surface area (Å²) in [5.41, 5.74) is 0.660. The minimum atomic E-state index is -0.472. The summed E-state index contributed by atoms with van der Waals surface area (Å²) in [4.78, 5) is 28.1. The van der Waals surface area contributed by atoms with Gasteiger partial charge in [0.2, 0.25) is 0 Å². The van der Waals surface area contributed by atoms with Gasteiger partial charge in [-0.3, -0.25) is 14.9 Å². The average Bonchev–Trinajstić information content (AvgIpc) is 3.07. The number of thiophene rings is 1. The second kappa shape index (κ2) is 8.09. The van der Waals surface area contributed by atoms with E-state index in [1.807, 2.05) is 36.5 Å². The molecular formula is C17H22N4O3S. The van der Waals surface area contributed by atoms with Crippen LogP contribution >= 0.6 is 11.3 Å². The van der Waals surface area contributed by atoms with E-state index in [-0.39, 0.29) is 23.2 Å². The second-order valence-electron chi connectivity index (χ2n) is 6.06. The van der Waals surface area contributed by atoms with Crippen molar-refractivity contribution < 1.29 is 9.72 Å². The fourth-order valence-corrected chi connectivity index (χ4v) is 3.42. The number of likely N-dealkylation sites (N-methyl/N-ethyl adjacent to an activating group) is 1. The highest BCUT2D eigenvalue weighted by molar-refractivity contribution is 7.10. The molecule has 8 heteroatoms. The number of nitro benzene ring substituents is 1. The summed E-state index contributed by atoms with van der Waals surface area (Å²) in [6.07, 6.45) is 0. The molecule has 0 aliphatic rings. The fourth-order valence-electron chi connectivity index (χ4n) is 2.50. The molecule has 0 bridgehead atoms. The van der Waals surface area contributed by atoms with Gasteiger partial charge in [0.05, 0.1) is 11.0 Å². The van der Waals surface area contributed by atoms with Gasteiger partial charge >= 0.3 is 0 Å². The highest BCUT2D eigenvalue weighted by atomic mass is 32.1. The number of nitro groups is 1. The van der Waals surface area contributed by atoms with Crippen molar-refractivity contribution in [1.82, 2.24) is 10.2 Å². The smallest absolute Gasteiger partial charge is 0.293 e. The van der Waals surface area contributed by atoms with E-state index >= 15 is 0 Å². The third-order valence-electron chi connectivity index (χ3n) is 3.87. The van der Waals surface area contributed by atoms with Crippen LogP contribution in [0.15, 0.2) is 35.7 Å². The largest absolute Gasteiger partial charge is 0.372 e. The average molecular weight is 362 g/mol. The minimum absolute atomic E-state index is 0.0555. The first kappa shape index (κ1) is 18.9. The Morgan fingerprint density at radius 2 is 2.00 bits per heavy atom. The van der Waals surface area contributed by atoms with Crippen LogP contribution in [0.3, 0.4) is 0 Å². The van der Waals surface area contributed by atoms with Crippen LogP contribution in [0, 0.1) is 10.1 Å². The van der Waals surface area contributed by atoms with Crippen LogP contribution in [-0.2, 0) is 0 Å². The van der Waals surface area contributed by atoms with Gasteiger partial charge in [-0.2, -0.15) is 0 Å². The summed E-state index contributed by atoms with van der Waals surface area (Å²) in [7, 11) is 7.36. The van der Waals surface area contributed by atoms with Crippen LogP contribution in [0.2, 0.25) is 0 Å². The molecular weight excluding hydrogens is 340 g/mol. The van der Waals surface area contributed by atoms with Gasteiger partial charge in [-0.25, -0.2) is 0 Å². The molecule has 1 N–H and O–H groups in total. The Labute approximate surface area is 151 Å². The van der Waals surface area contributed by atoms with Gasteiger partial charge in [-0.1, -0.05) is 6.07 Å². The molecule has 25 heavy (non-hydrogen) atoms. The second-order valence-corrected chi connectivity index (χ2v) is 7.04. The van der Waals surface area contributed by atoms with E-state index in [0.29, 0.717) is 12.2 Å². The van der Waals surface area contributed by atoms with E-state index in [1.165, 1.54) is 6.07 Å². The fraction of sp³-hybridized carbons (Fsp3) is 0.353. The maximum atomic E-state index is 12.4. The third kappa shape index (κ3) is 4.55. The van der Waals surface area contributed by atoms with Crippen molar-refractivity contribution in [3.63, 3.8) is 0 Å². The Kier molecular flexibility index (Phi) is 6.11. The highest BCUT2D eigenvalue weighted by Gasteiger charge is 2.20. The van der Waals surface area contributed by atoms with Crippen molar-refractivity contribution in [2.45, 2.75) is 6.04 Å². The topological polar surface area (TPSA) is 78.7 Å². The van der Waals surface area contributed by atoms with Gasteiger partial charge in [0.15, 0.2) is 0 Å². The number of carbonyl (C=O) groups is 1. The first-order chi connectivity index (χ1) is 11.8. The maximum absolute atomic E-state index is 12.4. The molecule has 0 fully saturated rings. The van der Waals surface area contributed by atoms with Gasteiger partial charge in [0.25, 0.3) is 11.6 Å². The van der Waals surface area contributed by atoms with E-state index in [0.717, 1.165) is 4.88 Å². The Bertz CT molecular complexity index is 744. The first-order valence-corrected chi connectivity index (χ1v) is 8.63. The van der Waals surface area contributed by atoms with E-state index < -0.39 is 4.92 Å². The predicted molar refractivity (Wildman–Crippen MR) is 101 cm³/mol. The van der Waals surface area contributed by atoms with E-state index in [2.05, 4.69) is 5.32 Å². The van der Waals surface area contributed by atoms with Crippen molar-refractivity contribution in [3.05, 3.63) is 56.3 Å². The molecule has 1 unspecified atom stereocenters. The van der Waals surface area contributed by atoms with Gasteiger partial charge < -0.3 is 15.1 Å². The van der Waals surface area contributed by atoms with Gasteiger partial charge in [-0.05, 0) is 37.7 Å². The Balaban J connectivity index is 2.15. The monoisotopic (exact) mass is 362 g/mol. The van der Waals surface area contributed by atoms with Crippen LogP contribution < -0.4 is 10.2 Å². The third-order valence-corrected chi connectivity index (χ3v) is 4.84. The molecule has 1 atom stereocenters. The molecule has 0 aliphatic carbocycles. The normalized spacial score (nSPS) is 12.0. The molecule has 2 rings (SSSR count). The molecule has 134 valence electrons.